The van der Waals surface area contributed by atoms with Crippen molar-refractivity contribution >= 4 is 15.9 Å². The number of nitrogens with one attached hydrogen (secondary N) is 1. The minimum Gasteiger partial charge on any atom is -0.309 e. The Bertz CT molecular complexity index is 561. The first-order valence-electron chi connectivity index (χ1n) is 5.97. The molecule has 5 heteroatoms. The van der Waals surface area contributed by atoms with E-state index in [-0.39, 0.29) is 5.82 Å². The van der Waals surface area contributed by atoms with Gasteiger partial charge < -0.3 is 9.88 Å². The second kappa shape index (κ2) is 4.82. The molecule has 0 amide bonds. The van der Waals surface area contributed by atoms with E-state index in [9.17, 15) is 4.39 Å². The molecular weight excluding hydrogens is 297 g/mol. The molecule has 1 saturated heterocycles. The SMILES string of the molecule is Fc1ccc(Br)c(-n2cncc2[C@@H]2CCCN2)c1. The highest BCUT2D eigenvalue weighted by Crippen LogP contribution is 2.28. The van der Waals surface area contributed by atoms with Crippen LogP contribution in [0.5, 0.6) is 0 Å². The summed E-state index contributed by atoms with van der Waals surface area (Å²) in [7, 11) is 0. The molecule has 94 valence electrons. The third kappa shape index (κ3) is 2.08. The minimum absolute atomic E-state index is 0.243. The highest BCUT2D eigenvalue weighted by molar-refractivity contribution is 9.10. The fraction of sp³-hybridized carbons (Fsp3) is 0.308. The van der Waals surface area contributed by atoms with E-state index in [0.29, 0.717) is 6.04 Å². The van der Waals surface area contributed by atoms with Gasteiger partial charge in [-0.1, -0.05) is 0 Å². The van der Waals surface area contributed by atoms with Gasteiger partial charge in [-0.2, -0.15) is 0 Å². The van der Waals surface area contributed by atoms with Gasteiger partial charge >= 0.3 is 0 Å². The van der Waals surface area contributed by atoms with Crippen LogP contribution in [0.4, 0.5) is 4.39 Å². The van der Waals surface area contributed by atoms with Gasteiger partial charge in [0.2, 0.25) is 0 Å². The molecule has 2 heterocycles. The van der Waals surface area contributed by atoms with Crippen LogP contribution in [0.2, 0.25) is 0 Å². The molecule has 1 aliphatic heterocycles. The van der Waals surface area contributed by atoms with Crippen molar-refractivity contribution in [1.29, 1.82) is 0 Å². The Morgan fingerprint density at radius 3 is 3.11 bits per heavy atom. The van der Waals surface area contributed by atoms with Crippen LogP contribution in [0.25, 0.3) is 5.69 Å². The molecule has 1 fully saturated rings. The smallest absolute Gasteiger partial charge is 0.125 e. The average molecular weight is 310 g/mol. The quantitative estimate of drug-likeness (QED) is 0.923. The molecule has 0 unspecified atom stereocenters. The summed E-state index contributed by atoms with van der Waals surface area (Å²) >= 11 is 3.46. The summed E-state index contributed by atoms with van der Waals surface area (Å²) in [6, 6.07) is 4.99. The van der Waals surface area contributed by atoms with E-state index in [0.717, 1.165) is 28.8 Å². The van der Waals surface area contributed by atoms with Gasteiger partial charge in [0.05, 0.1) is 23.9 Å². The van der Waals surface area contributed by atoms with Crippen LogP contribution in [0.15, 0.2) is 35.2 Å². The highest BCUT2D eigenvalue weighted by Gasteiger charge is 2.21. The van der Waals surface area contributed by atoms with Gasteiger partial charge in [0.25, 0.3) is 0 Å². The predicted octanol–water partition coefficient (Wildman–Crippen LogP) is 3.20. The van der Waals surface area contributed by atoms with Crippen LogP contribution in [0, 0.1) is 5.82 Å². The number of imidazole rings is 1. The summed E-state index contributed by atoms with van der Waals surface area (Å²) in [4.78, 5) is 4.19. The number of rotatable bonds is 2. The summed E-state index contributed by atoms with van der Waals surface area (Å²) in [5.41, 5.74) is 1.87. The van der Waals surface area contributed by atoms with Crippen molar-refractivity contribution in [3.8, 4) is 5.69 Å². The van der Waals surface area contributed by atoms with E-state index in [2.05, 4.69) is 26.2 Å². The summed E-state index contributed by atoms with van der Waals surface area (Å²) < 4.78 is 16.2. The van der Waals surface area contributed by atoms with Crippen molar-refractivity contribution < 1.29 is 4.39 Å². The van der Waals surface area contributed by atoms with Crippen LogP contribution in [-0.4, -0.2) is 16.1 Å². The fourth-order valence-corrected chi connectivity index (χ4v) is 2.81. The lowest BCUT2D eigenvalue weighted by atomic mass is 10.1. The number of nitrogens with zero attached hydrogens (tertiary/aromatic N) is 2. The standard InChI is InChI=1S/C13H13BrFN3/c14-10-4-3-9(15)6-12(10)18-8-16-7-13(18)11-2-1-5-17-11/h3-4,6-8,11,17H,1-2,5H2/t11-/m0/s1. The fourth-order valence-electron chi connectivity index (χ4n) is 2.37. The molecule has 3 nitrogen and oxygen atoms in total. The number of hydrogen-bond acceptors (Lipinski definition) is 2. The lowest BCUT2D eigenvalue weighted by molar-refractivity contribution is 0.608. The molecule has 0 aliphatic carbocycles. The van der Waals surface area contributed by atoms with Crippen molar-refractivity contribution in [2.24, 2.45) is 0 Å². The zero-order valence-corrected chi connectivity index (χ0v) is 11.3. The molecule has 1 aromatic heterocycles. The lowest BCUT2D eigenvalue weighted by Crippen LogP contribution is -2.16. The summed E-state index contributed by atoms with van der Waals surface area (Å²) in [6.45, 7) is 1.03. The molecular formula is C13H13BrFN3. The summed E-state index contributed by atoms with van der Waals surface area (Å²) in [5.74, 6) is -0.243. The molecule has 0 spiro atoms. The highest BCUT2D eigenvalue weighted by atomic mass is 79.9. The Hall–Kier alpha value is -1.20. The van der Waals surface area contributed by atoms with E-state index in [1.165, 1.54) is 18.6 Å². The molecule has 1 N–H and O–H groups in total. The second-order valence-electron chi connectivity index (χ2n) is 4.43. The lowest BCUT2D eigenvalue weighted by Gasteiger charge is -2.15. The van der Waals surface area contributed by atoms with Crippen LogP contribution < -0.4 is 5.32 Å². The largest absolute Gasteiger partial charge is 0.309 e. The Labute approximate surface area is 113 Å². The molecule has 2 aromatic rings. The third-order valence-corrected chi connectivity index (χ3v) is 3.92. The van der Waals surface area contributed by atoms with Crippen molar-refractivity contribution in [3.05, 3.63) is 46.7 Å². The first-order valence-corrected chi connectivity index (χ1v) is 6.76. The average Bonchev–Trinajstić information content (AvgIpc) is 3.00. The maximum absolute atomic E-state index is 13.4. The third-order valence-electron chi connectivity index (χ3n) is 3.25. The number of hydrogen-bond donors (Lipinski definition) is 1. The number of aromatic nitrogens is 2. The van der Waals surface area contributed by atoms with Crippen LogP contribution >= 0.6 is 15.9 Å². The summed E-state index contributed by atoms with van der Waals surface area (Å²) in [6.07, 6.45) is 5.84. The zero-order valence-electron chi connectivity index (χ0n) is 9.74. The van der Waals surface area contributed by atoms with E-state index in [4.69, 9.17) is 0 Å². The van der Waals surface area contributed by atoms with Gasteiger partial charge in [-0.05, 0) is 53.5 Å². The first kappa shape index (κ1) is 11.9. The maximum Gasteiger partial charge on any atom is 0.125 e. The predicted molar refractivity (Wildman–Crippen MR) is 71.2 cm³/mol. The Kier molecular flexibility index (Phi) is 3.18. The normalized spacial score (nSPS) is 19.3. The topological polar surface area (TPSA) is 29.9 Å². The number of benzene rings is 1. The molecule has 1 aliphatic rings. The van der Waals surface area contributed by atoms with Gasteiger partial charge in [-0.15, -0.1) is 0 Å². The van der Waals surface area contributed by atoms with Crippen LogP contribution in [0.1, 0.15) is 24.6 Å². The summed E-state index contributed by atoms with van der Waals surface area (Å²) in [5, 5.41) is 3.43. The van der Waals surface area contributed by atoms with Gasteiger partial charge in [-0.25, -0.2) is 9.37 Å². The van der Waals surface area contributed by atoms with Gasteiger partial charge in [0.1, 0.15) is 5.82 Å². The van der Waals surface area contributed by atoms with E-state index in [1.54, 1.807) is 12.4 Å². The molecule has 18 heavy (non-hydrogen) atoms. The van der Waals surface area contributed by atoms with Crippen molar-refractivity contribution in [1.82, 2.24) is 14.9 Å². The molecule has 3 rings (SSSR count). The van der Waals surface area contributed by atoms with Crippen LogP contribution in [-0.2, 0) is 0 Å². The minimum atomic E-state index is -0.243. The van der Waals surface area contributed by atoms with E-state index in [1.807, 2.05) is 10.8 Å². The van der Waals surface area contributed by atoms with Crippen molar-refractivity contribution in [2.45, 2.75) is 18.9 Å². The molecule has 1 atom stereocenters. The molecule has 1 aromatic carbocycles. The van der Waals surface area contributed by atoms with Crippen molar-refractivity contribution in [3.63, 3.8) is 0 Å². The van der Waals surface area contributed by atoms with Crippen molar-refractivity contribution in [2.75, 3.05) is 6.54 Å². The van der Waals surface area contributed by atoms with E-state index < -0.39 is 0 Å². The van der Waals surface area contributed by atoms with Crippen LogP contribution in [0.3, 0.4) is 0 Å². The molecule has 0 radical (unpaired) electrons. The van der Waals surface area contributed by atoms with Gasteiger partial charge in [0.15, 0.2) is 0 Å². The van der Waals surface area contributed by atoms with Gasteiger partial charge in [0, 0.05) is 10.5 Å². The monoisotopic (exact) mass is 309 g/mol. The molecule has 0 saturated carbocycles. The van der Waals surface area contributed by atoms with E-state index >= 15 is 0 Å². The first-order chi connectivity index (χ1) is 8.75. The Morgan fingerprint density at radius 1 is 1.44 bits per heavy atom. The Morgan fingerprint density at radius 2 is 2.33 bits per heavy atom. The van der Waals surface area contributed by atoms with Gasteiger partial charge in [-0.3, -0.25) is 0 Å². The maximum atomic E-state index is 13.4. The Balaban J connectivity index is 2.06. The zero-order chi connectivity index (χ0) is 12.5. The molecule has 0 bridgehead atoms. The number of halogens is 2. The second-order valence-corrected chi connectivity index (χ2v) is 5.29.